The van der Waals surface area contributed by atoms with E-state index in [1.165, 1.54) is 11.3 Å². The zero-order chi connectivity index (χ0) is 14.0. The van der Waals surface area contributed by atoms with E-state index >= 15 is 0 Å². The van der Waals surface area contributed by atoms with Crippen molar-refractivity contribution in [1.29, 1.82) is 0 Å². The standard InChI is InChI=1S/C16H25N3/c1-13-8-7-11-16(2,3)14-9-6-10-15(17-14)19(5)18(4)12-13/h6,8-10H,7,11-12H2,1-5H3/b13-8-. The molecule has 1 aliphatic heterocycles. The Morgan fingerprint density at radius 2 is 1.95 bits per heavy atom. The molecule has 19 heavy (non-hydrogen) atoms. The molecule has 0 saturated heterocycles. The van der Waals surface area contributed by atoms with Gasteiger partial charge in [0, 0.05) is 31.7 Å². The summed E-state index contributed by atoms with van der Waals surface area (Å²) in [4.78, 5) is 4.85. The molecule has 0 amide bonds. The van der Waals surface area contributed by atoms with Gasteiger partial charge in [0.05, 0.1) is 0 Å². The molecule has 0 N–H and O–H groups in total. The molecule has 0 atom stereocenters. The van der Waals surface area contributed by atoms with Gasteiger partial charge < -0.3 is 0 Å². The summed E-state index contributed by atoms with van der Waals surface area (Å²) < 4.78 is 0. The lowest BCUT2D eigenvalue weighted by Crippen LogP contribution is -2.38. The number of anilines is 1. The van der Waals surface area contributed by atoms with Crippen molar-refractivity contribution in [2.75, 3.05) is 25.6 Å². The summed E-state index contributed by atoms with van der Waals surface area (Å²) in [5, 5.41) is 4.33. The van der Waals surface area contributed by atoms with Crippen LogP contribution in [0.5, 0.6) is 0 Å². The van der Waals surface area contributed by atoms with Crippen LogP contribution in [0.15, 0.2) is 29.8 Å². The lowest BCUT2D eigenvalue weighted by Gasteiger charge is -2.30. The average molecular weight is 259 g/mol. The van der Waals surface area contributed by atoms with Gasteiger partial charge in [-0.25, -0.2) is 9.99 Å². The molecule has 0 radical (unpaired) electrons. The summed E-state index contributed by atoms with van der Waals surface area (Å²) in [5.74, 6) is 1.02. The highest BCUT2D eigenvalue weighted by Gasteiger charge is 2.23. The van der Waals surface area contributed by atoms with E-state index in [0.717, 1.165) is 25.2 Å². The third-order valence-electron chi connectivity index (χ3n) is 4.01. The quantitative estimate of drug-likeness (QED) is 0.666. The Kier molecular flexibility index (Phi) is 3.95. The van der Waals surface area contributed by atoms with E-state index in [9.17, 15) is 0 Å². The first-order valence-corrected chi connectivity index (χ1v) is 6.98. The topological polar surface area (TPSA) is 19.4 Å². The summed E-state index contributed by atoms with van der Waals surface area (Å²) in [7, 11) is 4.18. The van der Waals surface area contributed by atoms with Crippen molar-refractivity contribution in [2.45, 2.75) is 39.0 Å². The summed E-state index contributed by atoms with van der Waals surface area (Å²) in [6.45, 7) is 7.72. The Bertz CT molecular complexity index is 477. The van der Waals surface area contributed by atoms with Crippen LogP contribution in [0.25, 0.3) is 0 Å². The van der Waals surface area contributed by atoms with Gasteiger partial charge in [0.15, 0.2) is 0 Å². The molecular weight excluding hydrogens is 234 g/mol. The SMILES string of the molecule is C/C1=C/CCC(C)(C)c2cccc(n2)N(C)N(C)C1. The van der Waals surface area contributed by atoms with E-state index in [2.05, 4.69) is 69.2 Å². The van der Waals surface area contributed by atoms with Crippen molar-refractivity contribution >= 4 is 5.82 Å². The summed E-state index contributed by atoms with van der Waals surface area (Å²) >= 11 is 0. The zero-order valence-corrected chi connectivity index (χ0v) is 12.8. The van der Waals surface area contributed by atoms with E-state index in [1.807, 2.05) is 0 Å². The fourth-order valence-electron chi connectivity index (χ4n) is 2.49. The number of allylic oxidation sites excluding steroid dienone is 1. The van der Waals surface area contributed by atoms with Gasteiger partial charge in [-0.2, -0.15) is 0 Å². The van der Waals surface area contributed by atoms with Gasteiger partial charge >= 0.3 is 0 Å². The van der Waals surface area contributed by atoms with Gasteiger partial charge in [-0.05, 0) is 31.9 Å². The number of likely N-dealkylation sites (N-methyl/N-ethyl adjacent to an activating group) is 1. The number of rotatable bonds is 0. The molecule has 0 saturated carbocycles. The van der Waals surface area contributed by atoms with E-state index in [1.54, 1.807) is 0 Å². The Morgan fingerprint density at radius 1 is 1.21 bits per heavy atom. The number of hydrogen-bond donors (Lipinski definition) is 0. The van der Waals surface area contributed by atoms with Crippen molar-refractivity contribution in [1.82, 2.24) is 9.99 Å². The van der Waals surface area contributed by atoms with Crippen LogP contribution in [0, 0.1) is 0 Å². The highest BCUT2D eigenvalue weighted by Crippen LogP contribution is 2.29. The van der Waals surface area contributed by atoms with Crippen LogP contribution >= 0.6 is 0 Å². The number of hydrogen-bond acceptors (Lipinski definition) is 3. The fourth-order valence-corrected chi connectivity index (χ4v) is 2.49. The summed E-state index contributed by atoms with van der Waals surface area (Å²) in [5.41, 5.74) is 2.72. The molecule has 1 aliphatic rings. The van der Waals surface area contributed by atoms with Gasteiger partial charge in [0.25, 0.3) is 0 Å². The molecule has 2 rings (SSSR count). The van der Waals surface area contributed by atoms with Crippen molar-refractivity contribution in [3.8, 4) is 0 Å². The normalized spacial score (nSPS) is 23.4. The lowest BCUT2D eigenvalue weighted by atomic mass is 9.83. The van der Waals surface area contributed by atoms with Gasteiger partial charge in [-0.3, -0.25) is 5.01 Å². The number of pyridine rings is 1. The van der Waals surface area contributed by atoms with Gasteiger partial charge in [0.2, 0.25) is 0 Å². The number of fused-ring (bicyclic) bond motifs is 2. The molecule has 0 unspecified atom stereocenters. The first-order chi connectivity index (χ1) is 8.90. The second kappa shape index (κ2) is 5.33. The maximum absolute atomic E-state index is 4.85. The van der Waals surface area contributed by atoms with E-state index in [-0.39, 0.29) is 5.41 Å². The molecule has 3 heteroatoms. The first-order valence-electron chi connectivity index (χ1n) is 6.98. The van der Waals surface area contributed by atoms with Gasteiger partial charge in [-0.15, -0.1) is 0 Å². The van der Waals surface area contributed by atoms with Crippen LogP contribution in [0.2, 0.25) is 0 Å². The maximum Gasteiger partial charge on any atom is 0.142 e. The van der Waals surface area contributed by atoms with Crippen LogP contribution < -0.4 is 5.01 Å². The smallest absolute Gasteiger partial charge is 0.142 e. The maximum atomic E-state index is 4.85. The van der Waals surface area contributed by atoms with Crippen molar-refractivity contribution in [3.63, 3.8) is 0 Å². The molecule has 2 heterocycles. The molecule has 104 valence electrons. The Hall–Kier alpha value is -1.35. The van der Waals surface area contributed by atoms with E-state index < -0.39 is 0 Å². The van der Waals surface area contributed by atoms with Crippen LogP contribution in [-0.2, 0) is 5.41 Å². The summed E-state index contributed by atoms with van der Waals surface area (Å²) in [6.07, 6.45) is 4.61. The molecule has 0 spiro atoms. The highest BCUT2D eigenvalue weighted by molar-refractivity contribution is 5.38. The monoisotopic (exact) mass is 259 g/mol. The molecule has 1 aromatic rings. The molecular formula is C16H25N3. The molecule has 2 bridgehead atoms. The van der Waals surface area contributed by atoms with E-state index in [4.69, 9.17) is 4.98 Å². The predicted molar refractivity (Wildman–Crippen MR) is 81.3 cm³/mol. The largest absolute Gasteiger partial charge is 0.293 e. The minimum Gasteiger partial charge on any atom is -0.293 e. The molecule has 1 aromatic heterocycles. The molecule has 3 nitrogen and oxygen atoms in total. The third-order valence-corrected chi connectivity index (χ3v) is 4.01. The van der Waals surface area contributed by atoms with E-state index in [0.29, 0.717) is 0 Å². The van der Waals surface area contributed by atoms with Crippen LogP contribution in [0.3, 0.4) is 0 Å². The minimum absolute atomic E-state index is 0.122. The van der Waals surface area contributed by atoms with Crippen molar-refractivity contribution in [3.05, 3.63) is 35.5 Å². The highest BCUT2D eigenvalue weighted by atomic mass is 15.6. The Labute approximate surface area is 116 Å². The van der Waals surface area contributed by atoms with Gasteiger partial charge in [0.1, 0.15) is 5.82 Å². The number of aromatic nitrogens is 1. The first kappa shape index (κ1) is 14.1. The molecule has 0 fully saturated rings. The zero-order valence-electron chi connectivity index (χ0n) is 12.8. The molecule has 0 aliphatic carbocycles. The second-order valence-electron chi connectivity index (χ2n) is 6.19. The van der Waals surface area contributed by atoms with Crippen LogP contribution in [0.4, 0.5) is 5.82 Å². The number of hydrazine groups is 1. The Morgan fingerprint density at radius 3 is 2.68 bits per heavy atom. The fraction of sp³-hybridized carbons (Fsp3) is 0.562. The second-order valence-corrected chi connectivity index (χ2v) is 6.19. The molecule has 0 aromatic carbocycles. The Balaban J connectivity index is 2.43. The van der Waals surface area contributed by atoms with Crippen LogP contribution in [-0.4, -0.2) is 30.6 Å². The van der Waals surface area contributed by atoms with Gasteiger partial charge in [-0.1, -0.05) is 31.6 Å². The third kappa shape index (κ3) is 3.16. The summed E-state index contributed by atoms with van der Waals surface area (Å²) in [6, 6.07) is 6.33. The minimum atomic E-state index is 0.122. The lowest BCUT2D eigenvalue weighted by molar-refractivity contribution is 0.348. The van der Waals surface area contributed by atoms with Crippen LogP contribution in [0.1, 0.15) is 39.3 Å². The van der Waals surface area contributed by atoms with Crippen molar-refractivity contribution in [2.24, 2.45) is 0 Å². The van der Waals surface area contributed by atoms with Crippen molar-refractivity contribution < 1.29 is 0 Å². The predicted octanol–water partition coefficient (Wildman–Crippen LogP) is 3.38. The average Bonchev–Trinajstić information content (AvgIpc) is 2.37. The number of nitrogens with zero attached hydrogens (tertiary/aromatic N) is 3.